The number of aliphatic hydroxyl groups is 4. The van der Waals surface area contributed by atoms with Crippen molar-refractivity contribution in [1.29, 1.82) is 0 Å². The van der Waals surface area contributed by atoms with Crippen molar-refractivity contribution in [3.8, 4) is 0 Å². The molecule has 162 valence electrons. The lowest BCUT2D eigenvalue weighted by Crippen LogP contribution is -2.48. The third kappa shape index (κ3) is 7.85. The Hall–Kier alpha value is -2.14. The first-order valence-electron chi connectivity index (χ1n) is 8.58. The van der Waals surface area contributed by atoms with Crippen LogP contribution in [-0.4, -0.2) is 84.1 Å². The molecule has 0 aromatic carbocycles. The average molecular weight is 402 g/mol. The van der Waals surface area contributed by atoms with Crippen LogP contribution in [0.5, 0.6) is 0 Å². The van der Waals surface area contributed by atoms with Crippen molar-refractivity contribution < 1.29 is 39.5 Å². The average Bonchev–Trinajstić information content (AvgIpc) is 2.63. The second-order valence-electron chi connectivity index (χ2n) is 6.46. The van der Waals surface area contributed by atoms with Crippen molar-refractivity contribution >= 4 is 11.9 Å². The molecule has 0 amide bonds. The number of carbonyl (C=O) groups excluding carboxylic acids is 2. The Morgan fingerprint density at radius 1 is 0.714 bits per heavy atom. The first kappa shape index (κ1) is 25.9. The number of hydrogen-bond acceptors (Lipinski definition) is 8. The van der Waals surface area contributed by atoms with Crippen LogP contribution in [0.4, 0.5) is 0 Å². The molecule has 0 radical (unpaired) electrons. The van der Waals surface area contributed by atoms with Gasteiger partial charge in [0.1, 0.15) is 37.6 Å². The van der Waals surface area contributed by atoms with Gasteiger partial charge in [-0.2, -0.15) is 0 Å². The number of ether oxygens (including phenoxy) is 2. The summed E-state index contributed by atoms with van der Waals surface area (Å²) in [6.07, 6.45) is -7.07. The second kappa shape index (κ2) is 12.3. The molecular weight excluding hydrogens is 372 g/mol. The summed E-state index contributed by atoms with van der Waals surface area (Å²) in [6.45, 7) is 5.36. The first-order chi connectivity index (χ1) is 13.0. The molecule has 0 spiro atoms. The molecule has 4 atom stereocenters. The van der Waals surface area contributed by atoms with Crippen LogP contribution in [0.3, 0.4) is 0 Å². The number of hydrogen-bond donors (Lipinski definition) is 4. The normalized spacial score (nSPS) is 14.8. The first-order valence-corrected chi connectivity index (χ1v) is 8.58. The lowest BCUT2D eigenvalue weighted by Gasteiger charge is -2.27. The molecule has 28 heavy (non-hydrogen) atoms. The molecule has 10 nitrogen and oxygen atoms in total. The van der Waals surface area contributed by atoms with Crippen LogP contribution in [0.1, 0.15) is 27.7 Å². The summed E-state index contributed by atoms with van der Waals surface area (Å²) in [7, 11) is 2.81. The number of carbonyl (C=O) groups is 2. The molecule has 0 aromatic heterocycles. The van der Waals surface area contributed by atoms with Gasteiger partial charge in [-0.05, 0) is 27.7 Å². The van der Waals surface area contributed by atoms with Crippen LogP contribution < -0.4 is 0 Å². The highest BCUT2D eigenvalue weighted by Gasteiger charge is 2.32. The van der Waals surface area contributed by atoms with Crippen molar-refractivity contribution in [3.05, 3.63) is 33.2 Å². The van der Waals surface area contributed by atoms with Gasteiger partial charge in [-0.3, -0.25) is 0 Å². The van der Waals surface area contributed by atoms with E-state index in [0.29, 0.717) is 11.1 Å². The van der Waals surface area contributed by atoms with E-state index in [0.717, 1.165) is 0 Å². The van der Waals surface area contributed by atoms with Gasteiger partial charge in [0.05, 0.1) is 0 Å². The standard InChI is InChI=1S/C18H30N2O8/c1-9(2)13(19-5)17(25)27-7-11(21)15(23)16(24)12(22)8-28-18(26)14(20-6)10(3)4/h11-12,15-16,21-24H,7-8H2,1-6H3/q-2. The maximum atomic E-state index is 11.8. The van der Waals surface area contributed by atoms with Crippen LogP contribution in [-0.2, 0) is 19.1 Å². The van der Waals surface area contributed by atoms with E-state index in [1.54, 1.807) is 27.7 Å². The Morgan fingerprint density at radius 3 is 1.21 bits per heavy atom. The largest absolute Gasteiger partial charge is 0.681 e. The molecule has 0 fully saturated rings. The summed E-state index contributed by atoms with van der Waals surface area (Å²) >= 11 is 0. The minimum atomic E-state index is -1.85. The molecule has 0 aliphatic carbocycles. The van der Waals surface area contributed by atoms with Crippen molar-refractivity contribution in [1.82, 2.24) is 0 Å². The Kier molecular flexibility index (Phi) is 11.4. The second-order valence-corrected chi connectivity index (χ2v) is 6.46. The maximum absolute atomic E-state index is 11.8. The molecule has 10 heteroatoms. The molecule has 0 saturated heterocycles. The molecule has 0 aromatic rings. The van der Waals surface area contributed by atoms with E-state index in [2.05, 4.69) is 10.6 Å². The Bertz CT molecular complexity index is 542. The third-order valence-corrected chi connectivity index (χ3v) is 3.69. The zero-order valence-corrected chi connectivity index (χ0v) is 17.0. The van der Waals surface area contributed by atoms with E-state index in [9.17, 15) is 30.0 Å². The van der Waals surface area contributed by atoms with Crippen LogP contribution in [0, 0.1) is 0 Å². The maximum Gasteiger partial charge on any atom is 0.315 e. The van der Waals surface area contributed by atoms with E-state index in [4.69, 9.17) is 9.47 Å². The summed E-state index contributed by atoms with van der Waals surface area (Å²) in [5.41, 5.74) is 1.36. The monoisotopic (exact) mass is 402 g/mol. The third-order valence-electron chi connectivity index (χ3n) is 3.69. The minimum Gasteiger partial charge on any atom is -0.681 e. The van der Waals surface area contributed by atoms with Gasteiger partial charge in [-0.15, -0.1) is 14.1 Å². The highest BCUT2D eigenvalue weighted by Crippen LogP contribution is 2.14. The summed E-state index contributed by atoms with van der Waals surface area (Å²) in [5, 5.41) is 47.1. The molecule has 0 saturated carbocycles. The Balaban J connectivity index is 4.69. The number of aliphatic hydroxyl groups excluding tert-OH is 4. The molecule has 4 N–H and O–H groups in total. The van der Waals surface area contributed by atoms with Crippen LogP contribution >= 0.6 is 0 Å². The number of allylic oxidation sites excluding steroid dienone is 2. The molecule has 0 aliphatic heterocycles. The predicted octanol–water partition coefficient (Wildman–Crippen LogP) is 0.111. The molecular formula is C18H30N2O8-2. The molecule has 0 aliphatic rings. The Morgan fingerprint density at radius 2 is 1.00 bits per heavy atom. The lowest BCUT2D eigenvalue weighted by atomic mass is 10.0. The molecule has 0 heterocycles. The van der Waals surface area contributed by atoms with E-state index < -0.39 is 49.6 Å². The highest BCUT2D eigenvalue weighted by molar-refractivity contribution is 5.92. The van der Waals surface area contributed by atoms with Gasteiger partial charge in [0.25, 0.3) is 0 Å². The molecule has 4 unspecified atom stereocenters. The fraction of sp³-hybridized carbons (Fsp3) is 0.667. The topological polar surface area (TPSA) is 162 Å². The number of nitrogens with zero attached hydrogens (tertiary/aromatic N) is 2. The van der Waals surface area contributed by atoms with E-state index in [1.807, 2.05) is 0 Å². The zero-order valence-electron chi connectivity index (χ0n) is 17.0. The van der Waals surface area contributed by atoms with Crippen molar-refractivity contribution in [2.24, 2.45) is 0 Å². The van der Waals surface area contributed by atoms with Gasteiger partial charge >= 0.3 is 11.9 Å². The zero-order chi connectivity index (χ0) is 22.0. The summed E-state index contributed by atoms with van der Waals surface area (Å²) < 4.78 is 9.69. The molecule has 0 bridgehead atoms. The van der Waals surface area contributed by atoms with Crippen LogP contribution in [0.2, 0.25) is 0 Å². The van der Waals surface area contributed by atoms with Gasteiger partial charge in [-0.25, -0.2) is 9.59 Å². The highest BCUT2D eigenvalue weighted by atomic mass is 16.6. The molecule has 0 rings (SSSR count). The van der Waals surface area contributed by atoms with Crippen molar-refractivity contribution in [3.63, 3.8) is 0 Å². The Labute approximate surface area is 164 Å². The van der Waals surface area contributed by atoms with E-state index in [1.165, 1.54) is 14.1 Å². The SMILES string of the molecule is C[N-]C(C(=O)OCC(O)C(O)C(O)C(O)COC(=O)C([N-]C)=C(C)C)=C(C)C. The smallest absolute Gasteiger partial charge is 0.315 e. The fourth-order valence-corrected chi connectivity index (χ4v) is 2.15. The van der Waals surface area contributed by atoms with Crippen molar-refractivity contribution in [2.75, 3.05) is 27.3 Å². The van der Waals surface area contributed by atoms with Gasteiger partial charge in [0.15, 0.2) is 0 Å². The van der Waals surface area contributed by atoms with Gasteiger partial charge in [-0.1, -0.05) is 22.5 Å². The number of esters is 2. The van der Waals surface area contributed by atoms with E-state index >= 15 is 0 Å². The summed E-state index contributed by atoms with van der Waals surface area (Å²) in [4.78, 5) is 23.6. The number of likely N-dealkylation sites (N-methyl/N-ethyl adjacent to an activating group) is 2. The van der Waals surface area contributed by atoms with Crippen molar-refractivity contribution in [2.45, 2.75) is 52.1 Å². The summed E-state index contributed by atoms with van der Waals surface area (Å²) in [5.74, 6) is -1.59. The van der Waals surface area contributed by atoms with Gasteiger partial charge in [0.2, 0.25) is 0 Å². The lowest BCUT2D eigenvalue weighted by molar-refractivity contribution is -0.158. The summed E-state index contributed by atoms with van der Waals surface area (Å²) in [6, 6.07) is 0. The van der Waals surface area contributed by atoms with E-state index in [-0.39, 0.29) is 11.4 Å². The quantitative estimate of drug-likeness (QED) is 0.280. The minimum absolute atomic E-state index is 0.0746. The van der Waals surface area contributed by atoms with Crippen LogP contribution in [0.15, 0.2) is 22.5 Å². The van der Waals surface area contributed by atoms with Crippen LogP contribution in [0.25, 0.3) is 10.6 Å². The predicted molar refractivity (Wildman–Crippen MR) is 101 cm³/mol. The fourth-order valence-electron chi connectivity index (χ4n) is 2.15. The van der Waals surface area contributed by atoms with Gasteiger partial charge in [0, 0.05) is 0 Å². The number of rotatable bonds is 11. The van der Waals surface area contributed by atoms with Gasteiger partial charge < -0.3 is 40.5 Å².